The van der Waals surface area contributed by atoms with E-state index in [1.807, 2.05) is 4.90 Å². The summed E-state index contributed by atoms with van der Waals surface area (Å²) in [5.41, 5.74) is 1.49. The van der Waals surface area contributed by atoms with Crippen molar-refractivity contribution in [2.45, 2.75) is 123 Å². The molecule has 0 aromatic rings. The third kappa shape index (κ3) is 7.52. The Labute approximate surface area is 181 Å². The van der Waals surface area contributed by atoms with Gasteiger partial charge in [0.25, 0.3) is 8.32 Å². The lowest BCUT2D eigenvalue weighted by molar-refractivity contribution is -0.133. The molecule has 0 spiro atoms. The Morgan fingerprint density at radius 3 is 2.14 bits per heavy atom. The van der Waals surface area contributed by atoms with Crippen LogP contribution in [-0.2, 0) is 9.22 Å². The summed E-state index contributed by atoms with van der Waals surface area (Å²) < 4.78 is 6.96. The van der Waals surface area contributed by atoms with Gasteiger partial charge in [0.15, 0.2) is 5.88 Å². The number of hydrogen-bond donors (Lipinski definition) is 0. The minimum absolute atomic E-state index is 0.223. The van der Waals surface area contributed by atoms with Crippen molar-refractivity contribution in [2.75, 3.05) is 6.54 Å². The van der Waals surface area contributed by atoms with E-state index in [1.54, 1.807) is 0 Å². The van der Waals surface area contributed by atoms with Crippen molar-refractivity contribution in [1.82, 2.24) is 4.90 Å². The Bertz CT molecular complexity index is 562. The maximum Gasteiger partial charge on any atom is 0.260 e. The van der Waals surface area contributed by atoms with E-state index >= 15 is 0 Å². The summed E-state index contributed by atoms with van der Waals surface area (Å²) in [5.74, 6) is 7.63. The first kappa shape index (κ1) is 25.8. The van der Waals surface area contributed by atoms with Crippen molar-refractivity contribution in [2.24, 2.45) is 0 Å². The first-order valence-electron chi connectivity index (χ1n) is 11.9. The van der Waals surface area contributed by atoms with Gasteiger partial charge >= 0.3 is 0 Å². The van der Waals surface area contributed by atoms with Gasteiger partial charge in [-0.15, -0.1) is 11.8 Å². The largest absolute Gasteiger partial charge is 0.531 e. The van der Waals surface area contributed by atoms with Gasteiger partial charge in [-0.25, -0.2) is 0 Å². The molecular weight excluding hydrogens is 374 g/mol. The van der Waals surface area contributed by atoms with E-state index in [9.17, 15) is 4.79 Å². The van der Waals surface area contributed by atoms with Gasteiger partial charge < -0.3 is 4.43 Å². The summed E-state index contributed by atoms with van der Waals surface area (Å²) in [6.45, 7) is 16.8. The number of nitrogens with zero attached hydrogens (tertiary/aromatic N) is 1. The van der Waals surface area contributed by atoms with Gasteiger partial charge in [-0.1, -0.05) is 54.9 Å². The van der Waals surface area contributed by atoms with Crippen LogP contribution in [0.4, 0.5) is 0 Å². The van der Waals surface area contributed by atoms with Crippen LogP contribution >= 0.6 is 0 Å². The lowest BCUT2D eigenvalue weighted by Gasteiger charge is -2.45. The summed E-state index contributed by atoms with van der Waals surface area (Å²) in [4.78, 5) is 14.6. The van der Waals surface area contributed by atoms with Crippen molar-refractivity contribution in [1.29, 1.82) is 0 Å². The molecule has 0 radical (unpaired) electrons. The molecule has 0 aromatic heterocycles. The maximum absolute atomic E-state index is 12.7. The average Bonchev–Trinajstić information content (AvgIpc) is 2.66. The Hall–Kier alpha value is -1.21. The fourth-order valence-electron chi connectivity index (χ4n) is 4.64. The normalized spacial score (nSPS) is 15.9. The molecule has 1 rings (SSSR count). The van der Waals surface area contributed by atoms with Crippen molar-refractivity contribution >= 4 is 14.2 Å². The van der Waals surface area contributed by atoms with E-state index < -0.39 is 8.32 Å². The minimum Gasteiger partial charge on any atom is -0.531 e. The summed E-state index contributed by atoms with van der Waals surface area (Å²) in [6.07, 6.45) is 11.1. The fourth-order valence-corrected chi connectivity index (χ4v) is 9.90. The first-order valence-corrected chi connectivity index (χ1v) is 14.1. The van der Waals surface area contributed by atoms with E-state index in [0.29, 0.717) is 23.0 Å². The highest BCUT2D eigenvalue weighted by Crippen LogP contribution is 2.44. The summed E-state index contributed by atoms with van der Waals surface area (Å²) in [5, 5.41) is 0. The number of rotatable bonds is 11. The van der Waals surface area contributed by atoms with Crippen LogP contribution in [0, 0.1) is 11.8 Å². The molecule has 1 fully saturated rings. The maximum atomic E-state index is 12.7. The van der Waals surface area contributed by atoms with E-state index in [-0.39, 0.29) is 5.91 Å². The van der Waals surface area contributed by atoms with Gasteiger partial charge in [-0.05, 0) is 54.8 Å². The summed E-state index contributed by atoms with van der Waals surface area (Å²) in [6, 6.07) is 0. The standard InChI is InChI=1S/C25H45NO2Si/c1-8-9-10-11-12-13-14-15-19-25(26-20-17-16-18-24(26)27)28-29(21(2)3,22(4)5)23(6)7/h19,21-23H,8-10,13-18,20H2,1-7H3/b25-19-. The number of likely N-dealkylation sites (tertiary alicyclic amines) is 1. The predicted molar refractivity (Wildman–Crippen MR) is 127 cm³/mol. The molecule has 3 nitrogen and oxygen atoms in total. The Kier molecular flexibility index (Phi) is 11.7. The predicted octanol–water partition coefficient (Wildman–Crippen LogP) is 7.40. The van der Waals surface area contributed by atoms with Crippen LogP contribution < -0.4 is 0 Å². The van der Waals surface area contributed by atoms with Crippen molar-refractivity contribution in [3.05, 3.63) is 12.0 Å². The number of hydrogen-bond acceptors (Lipinski definition) is 2. The van der Waals surface area contributed by atoms with Crippen molar-refractivity contribution in [3.8, 4) is 11.8 Å². The van der Waals surface area contributed by atoms with E-state index in [0.717, 1.165) is 51.0 Å². The second-order valence-corrected chi connectivity index (χ2v) is 14.7. The average molecular weight is 420 g/mol. The molecular formula is C25H45NO2Si. The summed E-state index contributed by atoms with van der Waals surface area (Å²) in [7, 11) is -2.08. The number of carbonyl (C=O) groups is 1. The third-order valence-electron chi connectivity index (χ3n) is 6.18. The molecule has 0 aliphatic carbocycles. The third-order valence-corrected chi connectivity index (χ3v) is 12.2. The van der Waals surface area contributed by atoms with Crippen LogP contribution in [0.2, 0.25) is 16.6 Å². The molecule has 29 heavy (non-hydrogen) atoms. The van der Waals surface area contributed by atoms with Gasteiger partial charge in [0.2, 0.25) is 5.91 Å². The molecule has 1 amide bonds. The zero-order valence-corrected chi connectivity index (χ0v) is 21.1. The molecule has 0 N–H and O–H groups in total. The molecule has 4 heteroatoms. The highest BCUT2D eigenvalue weighted by Gasteiger charge is 2.48. The molecule has 0 bridgehead atoms. The Balaban J connectivity index is 2.98. The molecule has 1 saturated heterocycles. The van der Waals surface area contributed by atoms with Crippen molar-refractivity contribution in [3.63, 3.8) is 0 Å². The van der Waals surface area contributed by atoms with Gasteiger partial charge in [-0.3, -0.25) is 9.69 Å². The smallest absolute Gasteiger partial charge is 0.260 e. The number of piperidine rings is 1. The lowest BCUT2D eigenvalue weighted by atomic mass is 10.1. The summed E-state index contributed by atoms with van der Waals surface area (Å²) >= 11 is 0. The van der Waals surface area contributed by atoms with Gasteiger partial charge in [0, 0.05) is 25.8 Å². The molecule has 0 unspecified atom stereocenters. The fraction of sp³-hybridized carbons (Fsp3) is 0.800. The van der Waals surface area contributed by atoms with Gasteiger partial charge in [-0.2, -0.15) is 0 Å². The van der Waals surface area contributed by atoms with Crippen LogP contribution in [0.1, 0.15) is 106 Å². The van der Waals surface area contributed by atoms with Crippen molar-refractivity contribution < 1.29 is 9.22 Å². The van der Waals surface area contributed by atoms with E-state index in [2.05, 4.69) is 66.4 Å². The van der Waals surface area contributed by atoms with Crippen LogP contribution in [0.3, 0.4) is 0 Å². The van der Waals surface area contributed by atoms with Gasteiger partial charge in [0.1, 0.15) is 0 Å². The topological polar surface area (TPSA) is 29.5 Å². The molecule has 166 valence electrons. The Morgan fingerprint density at radius 2 is 1.62 bits per heavy atom. The second kappa shape index (κ2) is 13.2. The zero-order valence-electron chi connectivity index (χ0n) is 20.1. The monoisotopic (exact) mass is 419 g/mol. The van der Waals surface area contributed by atoms with E-state index in [4.69, 9.17) is 4.43 Å². The van der Waals surface area contributed by atoms with E-state index in [1.165, 1.54) is 12.8 Å². The first-order chi connectivity index (χ1) is 13.8. The number of carbonyl (C=O) groups excluding carboxylic acids is 1. The minimum atomic E-state index is -2.08. The molecule has 1 heterocycles. The Morgan fingerprint density at radius 1 is 1.03 bits per heavy atom. The van der Waals surface area contributed by atoms with Crippen LogP contribution in [0.25, 0.3) is 0 Å². The molecule has 0 aromatic carbocycles. The molecule has 1 aliphatic heterocycles. The van der Waals surface area contributed by atoms with Gasteiger partial charge in [0.05, 0.1) is 0 Å². The SMILES string of the molecule is CCCCC#CCCC/C=C(\O[Si](C(C)C)(C(C)C)C(C)C)N1CCCCC1=O. The number of unbranched alkanes of at least 4 members (excludes halogenated alkanes) is 4. The van der Waals surface area contributed by atoms with Crippen LogP contribution in [-0.4, -0.2) is 25.7 Å². The highest BCUT2D eigenvalue weighted by molar-refractivity contribution is 6.77. The highest BCUT2D eigenvalue weighted by atomic mass is 28.4. The number of allylic oxidation sites excluding steroid dienone is 1. The van der Waals surface area contributed by atoms with Crippen LogP contribution in [0.5, 0.6) is 0 Å². The lowest BCUT2D eigenvalue weighted by Crippen LogP contribution is -2.50. The number of amides is 1. The second-order valence-electron chi connectivity index (χ2n) is 9.31. The van der Waals surface area contributed by atoms with Crippen LogP contribution in [0.15, 0.2) is 12.0 Å². The quantitative estimate of drug-likeness (QED) is 0.151. The molecule has 1 aliphatic rings. The zero-order chi connectivity index (χ0) is 21.9. The molecule has 0 atom stereocenters. The molecule has 0 saturated carbocycles.